The molecule has 1 aromatic carbocycles. The minimum absolute atomic E-state index is 0.105. The van der Waals surface area contributed by atoms with E-state index in [4.69, 9.17) is 4.74 Å². The minimum Gasteiger partial charge on any atom is -0.378 e. The molecular weight excluding hydrogens is 316 g/mol. The van der Waals surface area contributed by atoms with Crippen LogP contribution in [0.5, 0.6) is 0 Å². The van der Waals surface area contributed by atoms with Gasteiger partial charge in [-0.1, -0.05) is 0 Å². The van der Waals surface area contributed by atoms with Crippen LogP contribution in [0.3, 0.4) is 0 Å². The molecule has 0 saturated carbocycles. The maximum atomic E-state index is 12.1. The van der Waals surface area contributed by atoms with Gasteiger partial charge in [0.15, 0.2) is 0 Å². The average molecular weight is 336 g/mol. The number of rotatable bonds is 6. The third-order valence-electron chi connectivity index (χ3n) is 3.57. The first-order valence-corrected chi connectivity index (χ1v) is 7.63. The van der Waals surface area contributed by atoms with Crippen molar-refractivity contribution in [1.82, 2.24) is 10.6 Å². The van der Waals surface area contributed by atoms with Crippen LogP contribution in [0.25, 0.3) is 0 Å². The average Bonchev–Trinajstić information content (AvgIpc) is 2.58. The van der Waals surface area contributed by atoms with Gasteiger partial charge in [-0.3, -0.25) is 19.7 Å². The smallest absolute Gasteiger partial charge is 0.293 e. The summed E-state index contributed by atoms with van der Waals surface area (Å²) in [4.78, 5) is 35.6. The van der Waals surface area contributed by atoms with Gasteiger partial charge in [-0.15, -0.1) is 0 Å². The number of morpholine rings is 1. The van der Waals surface area contributed by atoms with Gasteiger partial charge in [-0.2, -0.15) is 0 Å². The van der Waals surface area contributed by atoms with Gasteiger partial charge < -0.3 is 20.3 Å². The van der Waals surface area contributed by atoms with Crippen molar-refractivity contribution in [3.63, 3.8) is 0 Å². The van der Waals surface area contributed by atoms with E-state index < -0.39 is 10.8 Å². The normalized spacial score (nSPS) is 14.1. The van der Waals surface area contributed by atoms with Crippen molar-refractivity contribution in [2.45, 2.75) is 6.92 Å². The number of carbonyl (C=O) groups excluding carboxylic acids is 2. The molecule has 0 bridgehead atoms. The van der Waals surface area contributed by atoms with E-state index in [1.807, 2.05) is 4.90 Å². The number of hydrogen-bond acceptors (Lipinski definition) is 6. The zero-order valence-electron chi connectivity index (χ0n) is 13.4. The van der Waals surface area contributed by atoms with Crippen molar-refractivity contribution >= 4 is 23.2 Å². The van der Waals surface area contributed by atoms with E-state index in [2.05, 4.69) is 10.6 Å². The first-order valence-electron chi connectivity index (χ1n) is 7.63. The Morgan fingerprint density at radius 3 is 2.54 bits per heavy atom. The first kappa shape index (κ1) is 17.7. The van der Waals surface area contributed by atoms with E-state index in [1.165, 1.54) is 13.0 Å². The molecule has 2 N–H and O–H groups in total. The molecule has 0 radical (unpaired) electrons. The largest absolute Gasteiger partial charge is 0.378 e. The lowest BCUT2D eigenvalue weighted by Crippen LogP contribution is -2.36. The fourth-order valence-electron chi connectivity index (χ4n) is 2.40. The van der Waals surface area contributed by atoms with E-state index in [0.29, 0.717) is 38.5 Å². The Bertz CT molecular complexity index is 628. The van der Waals surface area contributed by atoms with Crippen molar-refractivity contribution in [3.8, 4) is 0 Å². The summed E-state index contributed by atoms with van der Waals surface area (Å²) in [5, 5.41) is 16.5. The van der Waals surface area contributed by atoms with Crippen molar-refractivity contribution < 1.29 is 19.2 Å². The van der Waals surface area contributed by atoms with Gasteiger partial charge in [0.1, 0.15) is 5.69 Å². The lowest BCUT2D eigenvalue weighted by molar-refractivity contribution is -0.384. The van der Waals surface area contributed by atoms with Crippen LogP contribution in [0.15, 0.2) is 18.2 Å². The molecule has 0 unspecified atom stereocenters. The number of nitro benzene ring substituents is 1. The van der Waals surface area contributed by atoms with Crippen LogP contribution in [0.4, 0.5) is 11.4 Å². The number of amides is 2. The fraction of sp³-hybridized carbons (Fsp3) is 0.467. The third-order valence-corrected chi connectivity index (χ3v) is 3.57. The minimum atomic E-state index is -0.487. The highest BCUT2D eigenvalue weighted by atomic mass is 16.6. The standard InChI is InChI=1S/C15H20N4O5/c1-11(20)16-4-5-17-15(21)12-2-3-13(14(10-12)19(22)23)18-6-8-24-9-7-18/h2-3,10H,4-9H2,1H3,(H,16,20)(H,17,21). The second kappa shape index (κ2) is 8.25. The third kappa shape index (κ3) is 4.66. The van der Waals surface area contributed by atoms with Crippen molar-refractivity contribution in [1.29, 1.82) is 0 Å². The molecule has 1 fully saturated rings. The molecule has 1 aliphatic rings. The molecule has 0 spiro atoms. The molecule has 1 heterocycles. The van der Waals surface area contributed by atoms with Gasteiger partial charge in [0.25, 0.3) is 11.6 Å². The van der Waals surface area contributed by atoms with Crippen LogP contribution >= 0.6 is 0 Å². The molecule has 2 rings (SSSR count). The zero-order valence-corrected chi connectivity index (χ0v) is 13.4. The van der Waals surface area contributed by atoms with Crippen LogP contribution in [0.2, 0.25) is 0 Å². The van der Waals surface area contributed by atoms with Gasteiger partial charge in [-0.25, -0.2) is 0 Å². The first-order chi connectivity index (χ1) is 11.5. The number of benzene rings is 1. The van der Waals surface area contributed by atoms with Gasteiger partial charge >= 0.3 is 0 Å². The lowest BCUT2D eigenvalue weighted by atomic mass is 10.1. The lowest BCUT2D eigenvalue weighted by Gasteiger charge is -2.28. The molecule has 2 amide bonds. The molecule has 24 heavy (non-hydrogen) atoms. The summed E-state index contributed by atoms with van der Waals surface area (Å²) in [5.41, 5.74) is 0.589. The molecule has 0 aliphatic carbocycles. The molecule has 0 aromatic heterocycles. The SMILES string of the molecule is CC(=O)NCCNC(=O)c1ccc(N2CCOCC2)c([N+](=O)[O-])c1. The fourth-order valence-corrected chi connectivity index (χ4v) is 2.40. The van der Waals surface area contributed by atoms with Crippen LogP contribution in [0, 0.1) is 10.1 Å². The summed E-state index contributed by atoms with van der Waals surface area (Å²) in [6.07, 6.45) is 0. The highest BCUT2D eigenvalue weighted by Crippen LogP contribution is 2.29. The van der Waals surface area contributed by atoms with Crippen LogP contribution in [-0.2, 0) is 9.53 Å². The molecule has 1 aromatic rings. The van der Waals surface area contributed by atoms with Crippen LogP contribution in [-0.4, -0.2) is 56.1 Å². The Kier molecular flexibility index (Phi) is 6.07. The van der Waals surface area contributed by atoms with Gasteiger partial charge in [0.05, 0.1) is 18.1 Å². The molecule has 1 saturated heterocycles. The van der Waals surface area contributed by atoms with Crippen LogP contribution < -0.4 is 15.5 Å². The Morgan fingerprint density at radius 1 is 1.25 bits per heavy atom. The number of anilines is 1. The summed E-state index contributed by atoms with van der Waals surface area (Å²) >= 11 is 0. The highest BCUT2D eigenvalue weighted by Gasteiger charge is 2.23. The van der Waals surface area contributed by atoms with E-state index in [1.54, 1.807) is 12.1 Å². The monoisotopic (exact) mass is 336 g/mol. The Morgan fingerprint density at radius 2 is 1.92 bits per heavy atom. The van der Waals surface area contributed by atoms with Crippen molar-refractivity contribution in [2.75, 3.05) is 44.3 Å². The summed E-state index contributed by atoms with van der Waals surface area (Å²) in [7, 11) is 0. The molecule has 130 valence electrons. The topological polar surface area (TPSA) is 114 Å². The van der Waals surface area contributed by atoms with Crippen LogP contribution in [0.1, 0.15) is 17.3 Å². The van der Waals surface area contributed by atoms with E-state index in [9.17, 15) is 19.7 Å². The number of hydrogen-bond donors (Lipinski definition) is 2. The van der Waals surface area contributed by atoms with Gasteiger partial charge in [0, 0.05) is 44.7 Å². The van der Waals surface area contributed by atoms with E-state index in [0.717, 1.165) is 0 Å². The number of nitrogens with one attached hydrogen (secondary N) is 2. The second-order valence-electron chi connectivity index (χ2n) is 5.30. The van der Waals surface area contributed by atoms with E-state index in [-0.39, 0.29) is 23.7 Å². The van der Waals surface area contributed by atoms with Crippen molar-refractivity contribution in [3.05, 3.63) is 33.9 Å². The Balaban J connectivity index is 2.08. The summed E-state index contributed by atoms with van der Waals surface area (Å²) in [5.74, 6) is -0.605. The predicted molar refractivity (Wildman–Crippen MR) is 87.1 cm³/mol. The molecule has 1 aliphatic heterocycles. The van der Waals surface area contributed by atoms with Gasteiger partial charge in [-0.05, 0) is 12.1 Å². The zero-order chi connectivity index (χ0) is 17.5. The quantitative estimate of drug-likeness (QED) is 0.439. The summed E-state index contributed by atoms with van der Waals surface area (Å²) in [6, 6.07) is 4.43. The highest BCUT2D eigenvalue weighted by molar-refractivity contribution is 5.95. The summed E-state index contributed by atoms with van der Waals surface area (Å²) in [6.45, 7) is 4.11. The predicted octanol–water partition coefficient (Wildman–Crippen LogP) is 0.297. The maximum Gasteiger partial charge on any atom is 0.293 e. The molecule has 9 heteroatoms. The second-order valence-corrected chi connectivity index (χ2v) is 5.30. The van der Waals surface area contributed by atoms with E-state index >= 15 is 0 Å². The molecular formula is C15H20N4O5. The Labute approximate surface area is 139 Å². The number of nitrogens with zero attached hydrogens (tertiary/aromatic N) is 2. The van der Waals surface area contributed by atoms with Gasteiger partial charge in [0.2, 0.25) is 5.91 Å². The maximum absolute atomic E-state index is 12.1. The Hall–Kier alpha value is -2.68. The summed E-state index contributed by atoms with van der Waals surface area (Å²) < 4.78 is 5.25. The number of ether oxygens (including phenoxy) is 1. The number of carbonyl (C=O) groups is 2. The molecule has 0 atom stereocenters. The van der Waals surface area contributed by atoms with Crippen molar-refractivity contribution in [2.24, 2.45) is 0 Å². The molecule has 9 nitrogen and oxygen atoms in total. The number of nitro groups is 1.